The molecule has 6 N–H and O–H groups in total. The van der Waals surface area contributed by atoms with E-state index < -0.39 is 0 Å². The number of rotatable bonds is 6. The van der Waals surface area contributed by atoms with Crippen LogP contribution in [0.4, 0.5) is 0 Å². The van der Waals surface area contributed by atoms with Crippen molar-refractivity contribution in [3.05, 3.63) is 35.9 Å². The van der Waals surface area contributed by atoms with E-state index in [9.17, 15) is 4.79 Å². The van der Waals surface area contributed by atoms with Crippen LogP contribution in [-0.4, -0.2) is 29.3 Å². The molecule has 1 rings (SSSR count). The zero-order valence-corrected chi connectivity index (χ0v) is 12.0. The maximum absolute atomic E-state index is 11.5. The van der Waals surface area contributed by atoms with Gasteiger partial charge < -0.3 is 16.8 Å². The van der Waals surface area contributed by atoms with E-state index in [1.54, 1.807) is 0 Å². The fourth-order valence-electron chi connectivity index (χ4n) is 1.50. The Bertz CT molecular complexity index is 471. The molecule has 0 bridgehead atoms. The predicted molar refractivity (Wildman–Crippen MR) is 83.8 cm³/mol. The quantitative estimate of drug-likeness (QED) is 0.350. The van der Waals surface area contributed by atoms with Crippen molar-refractivity contribution in [2.24, 2.45) is 16.5 Å². The van der Waals surface area contributed by atoms with Gasteiger partial charge in [0, 0.05) is 6.54 Å². The average Bonchev–Trinajstić information content (AvgIpc) is 2.42. The molecule has 0 radical (unpaired) electrons. The van der Waals surface area contributed by atoms with Gasteiger partial charge in [-0.1, -0.05) is 42.1 Å². The summed E-state index contributed by atoms with van der Waals surface area (Å²) in [7, 11) is 0. The molecular weight excluding hydrogens is 274 g/mol. The second-order valence-corrected chi connectivity index (χ2v) is 5.03. The Hall–Kier alpha value is -2.02. The first-order valence-corrected chi connectivity index (χ1v) is 7.18. The van der Waals surface area contributed by atoms with Gasteiger partial charge in [-0.25, -0.2) is 0 Å². The van der Waals surface area contributed by atoms with Gasteiger partial charge in [0.15, 0.2) is 11.1 Å². The molecule has 7 heteroatoms. The number of nitrogens with one attached hydrogen (secondary N) is 2. The molecule has 0 saturated carbocycles. The zero-order valence-electron chi connectivity index (χ0n) is 11.1. The number of hydrogen-bond donors (Lipinski definition) is 4. The molecule has 0 atom stereocenters. The number of hydrogen-bond acceptors (Lipinski definition) is 3. The topological polar surface area (TPSA) is 117 Å². The van der Waals surface area contributed by atoms with Crippen molar-refractivity contribution in [1.29, 1.82) is 5.41 Å². The Morgan fingerprint density at radius 3 is 2.65 bits per heavy atom. The fraction of sp³-hybridized carbons (Fsp3) is 0.308. The van der Waals surface area contributed by atoms with E-state index in [1.807, 2.05) is 18.2 Å². The van der Waals surface area contributed by atoms with E-state index in [-0.39, 0.29) is 22.8 Å². The minimum Gasteiger partial charge on any atom is -0.370 e. The van der Waals surface area contributed by atoms with Crippen LogP contribution < -0.4 is 16.8 Å². The van der Waals surface area contributed by atoms with Gasteiger partial charge in [0.05, 0.1) is 5.75 Å². The number of aryl methyl sites for hydroxylation is 1. The molecular formula is C13H19N5OS. The third-order valence-corrected chi connectivity index (χ3v) is 3.15. The summed E-state index contributed by atoms with van der Waals surface area (Å²) in [4.78, 5) is 15.0. The number of amidine groups is 1. The third kappa shape index (κ3) is 7.42. The van der Waals surface area contributed by atoms with Crippen LogP contribution in [-0.2, 0) is 11.2 Å². The Labute approximate surface area is 122 Å². The highest BCUT2D eigenvalue weighted by atomic mass is 32.2. The van der Waals surface area contributed by atoms with Crippen molar-refractivity contribution >= 4 is 28.8 Å². The van der Waals surface area contributed by atoms with Crippen LogP contribution in [0.3, 0.4) is 0 Å². The molecule has 0 saturated heterocycles. The molecule has 0 aromatic heterocycles. The number of carbonyl (C=O) groups excluding carboxylic acids is 1. The number of amides is 1. The van der Waals surface area contributed by atoms with Gasteiger partial charge >= 0.3 is 0 Å². The molecule has 1 aromatic rings. The number of benzene rings is 1. The molecule has 6 nitrogen and oxygen atoms in total. The summed E-state index contributed by atoms with van der Waals surface area (Å²) in [6.45, 7) is 0.615. The second kappa shape index (κ2) is 8.98. The monoisotopic (exact) mass is 293 g/mol. The minimum atomic E-state index is -0.175. The van der Waals surface area contributed by atoms with Gasteiger partial charge in [-0.2, -0.15) is 4.99 Å². The lowest BCUT2D eigenvalue weighted by molar-refractivity contribution is -0.118. The number of carbonyl (C=O) groups is 1. The molecule has 1 amide bonds. The van der Waals surface area contributed by atoms with Crippen LogP contribution in [0.1, 0.15) is 12.0 Å². The average molecular weight is 293 g/mol. The number of guanidine groups is 1. The highest BCUT2D eigenvalue weighted by molar-refractivity contribution is 8.14. The SMILES string of the molecule is N=C(N=C(N)N)SCC(=O)NCCCc1ccccc1. The first-order chi connectivity index (χ1) is 9.58. The lowest BCUT2D eigenvalue weighted by Crippen LogP contribution is -2.27. The lowest BCUT2D eigenvalue weighted by atomic mass is 10.1. The summed E-state index contributed by atoms with van der Waals surface area (Å²) in [5.41, 5.74) is 11.5. The highest BCUT2D eigenvalue weighted by Gasteiger charge is 2.04. The number of nitrogens with two attached hydrogens (primary N) is 2. The standard InChI is InChI=1S/C13H19N5OS/c14-12(15)18-13(16)20-9-11(19)17-8-4-7-10-5-2-1-3-6-10/h1-3,5-6H,4,7-9H2,(H,17,19)(H5,14,15,16,18). The number of nitrogens with zero attached hydrogens (tertiary/aromatic N) is 1. The number of aliphatic imine (C=N–C) groups is 1. The van der Waals surface area contributed by atoms with E-state index in [0.29, 0.717) is 6.54 Å². The summed E-state index contributed by atoms with van der Waals surface area (Å²) in [5.74, 6) is -0.162. The van der Waals surface area contributed by atoms with Gasteiger partial charge in [0.1, 0.15) is 0 Å². The fourth-order valence-corrected chi connectivity index (χ4v) is 2.04. The van der Waals surface area contributed by atoms with Gasteiger partial charge in [0.2, 0.25) is 5.91 Å². The lowest BCUT2D eigenvalue weighted by Gasteiger charge is -2.05. The first kappa shape index (κ1) is 16.0. The molecule has 108 valence electrons. The summed E-state index contributed by atoms with van der Waals surface area (Å²) < 4.78 is 0. The second-order valence-electron chi connectivity index (χ2n) is 4.07. The smallest absolute Gasteiger partial charge is 0.230 e. The van der Waals surface area contributed by atoms with Crippen LogP contribution in [0.2, 0.25) is 0 Å². The Balaban J connectivity index is 2.12. The van der Waals surface area contributed by atoms with Crippen molar-refractivity contribution in [3.8, 4) is 0 Å². The highest BCUT2D eigenvalue weighted by Crippen LogP contribution is 2.03. The van der Waals surface area contributed by atoms with Crippen molar-refractivity contribution in [1.82, 2.24) is 5.32 Å². The van der Waals surface area contributed by atoms with E-state index in [4.69, 9.17) is 16.9 Å². The predicted octanol–water partition coefficient (Wildman–Crippen LogP) is 0.677. The van der Waals surface area contributed by atoms with E-state index in [0.717, 1.165) is 24.6 Å². The van der Waals surface area contributed by atoms with Gasteiger partial charge in [-0.3, -0.25) is 10.2 Å². The van der Waals surface area contributed by atoms with Gasteiger partial charge in [-0.15, -0.1) is 0 Å². The molecule has 0 fully saturated rings. The van der Waals surface area contributed by atoms with Crippen LogP contribution in [0.5, 0.6) is 0 Å². The third-order valence-electron chi connectivity index (χ3n) is 2.38. The molecule has 0 heterocycles. The molecule has 0 aliphatic heterocycles. The Morgan fingerprint density at radius 2 is 2.00 bits per heavy atom. The minimum absolute atomic E-state index is 0.0653. The molecule has 0 spiro atoms. The summed E-state index contributed by atoms with van der Waals surface area (Å²) >= 11 is 0.991. The van der Waals surface area contributed by atoms with E-state index >= 15 is 0 Å². The van der Waals surface area contributed by atoms with Crippen LogP contribution >= 0.6 is 11.8 Å². The van der Waals surface area contributed by atoms with Gasteiger partial charge in [-0.05, 0) is 18.4 Å². The maximum atomic E-state index is 11.5. The summed E-state index contributed by atoms with van der Waals surface area (Å²) in [6.07, 6.45) is 1.81. The van der Waals surface area contributed by atoms with Crippen molar-refractivity contribution in [2.75, 3.05) is 12.3 Å². The van der Waals surface area contributed by atoms with Crippen molar-refractivity contribution in [3.63, 3.8) is 0 Å². The Morgan fingerprint density at radius 1 is 1.30 bits per heavy atom. The first-order valence-electron chi connectivity index (χ1n) is 6.19. The van der Waals surface area contributed by atoms with Crippen LogP contribution in [0.15, 0.2) is 35.3 Å². The van der Waals surface area contributed by atoms with E-state index in [1.165, 1.54) is 5.56 Å². The molecule has 0 unspecified atom stereocenters. The maximum Gasteiger partial charge on any atom is 0.230 e. The Kier molecular flexibility index (Phi) is 7.20. The zero-order chi connectivity index (χ0) is 14.8. The summed E-state index contributed by atoms with van der Waals surface area (Å²) in [6, 6.07) is 10.1. The molecule has 1 aromatic carbocycles. The van der Waals surface area contributed by atoms with Crippen LogP contribution in [0, 0.1) is 5.41 Å². The summed E-state index contributed by atoms with van der Waals surface area (Å²) in [5, 5.41) is 10.1. The largest absolute Gasteiger partial charge is 0.370 e. The van der Waals surface area contributed by atoms with Crippen LogP contribution in [0.25, 0.3) is 0 Å². The molecule has 0 aliphatic carbocycles. The molecule has 20 heavy (non-hydrogen) atoms. The number of thioether (sulfide) groups is 1. The van der Waals surface area contributed by atoms with Crippen molar-refractivity contribution < 1.29 is 4.79 Å². The van der Waals surface area contributed by atoms with E-state index in [2.05, 4.69) is 22.4 Å². The van der Waals surface area contributed by atoms with Gasteiger partial charge in [0.25, 0.3) is 0 Å². The normalized spacial score (nSPS) is 9.80. The molecule has 0 aliphatic rings. The van der Waals surface area contributed by atoms with Crippen molar-refractivity contribution in [2.45, 2.75) is 12.8 Å².